The number of aliphatic carboxylic acids is 1. The van der Waals surface area contributed by atoms with Crippen LogP contribution in [-0.2, 0) is 9.67 Å². The summed E-state index contributed by atoms with van der Waals surface area (Å²) < 4.78 is 41.7. The molecule has 2 heterocycles. The number of hydrogen-bond donors (Lipinski definition) is 1. The lowest BCUT2D eigenvalue weighted by Gasteiger charge is -2.30. The number of carboxylic acids is 1. The fourth-order valence-corrected chi connectivity index (χ4v) is 5.06. The Morgan fingerprint density at radius 3 is 2.74 bits per heavy atom. The van der Waals surface area contributed by atoms with Crippen molar-refractivity contribution in [3.63, 3.8) is 0 Å². The Balaban J connectivity index is 1.95. The van der Waals surface area contributed by atoms with E-state index in [1.54, 1.807) is 36.1 Å². The predicted molar refractivity (Wildman–Crippen MR) is 97.0 cm³/mol. The average Bonchev–Trinajstić information content (AvgIpc) is 3.16. The van der Waals surface area contributed by atoms with Crippen LogP contribution in [0.1, 0.15) is 17.5 Å². The molecule has 27 heavy (non-hydrogen) atoms. The van der Waals surface area contributed by atoms with Crippen LogP contribution >= 0.6 is 22.9 Å². The molecule has 1 N–H and O–H groups in total. The summed E-state index contributed by atoms with van der Waals surface area (Å²) in [5.74, 6) is -4.53. The summed E-state index contributed by atoms with van der Waals surface area (Å²) in [5, 5.41) is 9.41. The highest BCUT2D eigenvalue weighted by atomic mass is 35.5. The molecule has 0 spiro atoms. The number of carboxylic acid groups (broad SMARTS) is 1. The van der Waals surface area contributed by atoms with Crippen LogP contribution in [0.5, 0.6) is 0 Å². The quantitative estimate of drug-likeness (QED) is 0.508. The summed E-state index contributed by atoms with van der Waals surface area (Å²) in [5.41, 5.74) is 0.767. The van der Waals surface area contributed by atoms with Gasteiger partial charge in [0.1, 0.15) is 27.8 Å². The molecule has 1 aliphatic rings. The number of para-hydroxylation sites is 1. The van der Waals surface area contributed by atoms with Crippen LogP contribution in [-0.4, -0.2) is 28.6 Å². The lowest BCUT2D eigenvalue weighted by atomic mass is 9.95. The second-order valence-electron chi connectivity index (χ2n) is 6.28. The van der Waals surface area contributed by atoms with Crippen molar-refractivity contribution in [3.8, 4) is 0 Å². The van der Waals surface area contributed by atoms with Gasteiger partial charge in [-0.25, -0.2) is 18.2 Å². The third-order valence-electron chi connectivity index (χ3n) is 4.78. The predicted octanol–water partition coefficient (Wildman–Crippen LogP) is 4.49. The Morgan fingerprint density at radius 2 is 2.04 bits per heavy atom. The second kappa shape index (κ2) is 6.10. The zero-order valence-electron chi connectivity index (χ0n) is 13.8. The number of carbonyl (C=O) groups is 1. The summed E-state index contributed by atoms with van der Waals surface area (Å²) in [4.78, 5) is 15.7. The zero-order chi connectivity index (χ0) is 19.5. The van der Waals surface area contributed by atoms with E-state index in [1.807, 2.05) is 0 Å². The van der Waals surface area contributed by atoms with Crippen molar-refractivity contribution in [2.45, 2.75) is 17.8 Å². The van der Waals surface area contributed by atoms with Gasteiger partial charge in [0.15, 0.2) is 11.6 Å². The van der Waals surface area contributed by atoms with Gasteiger partial charge in [-0.05, 0) is 13.0 Å². The van der Waals surface area contributed by atoms with Gasteiger partial charge in [-0.3, -0.25) is 4.79 Å². The van der Waals surface area contributed by atoms with E-state index in [9.17, 15) is 23.1 Å². The van der Waals surface area contributed by atoms with E-state index in [4.69, 9.17) is 11.6 Å². The van der Waals surface area contributed by atoms with Crippen molar-refractivity contribution < 1.29 is 23.1 Å². The van der Waals surface area contributed by atoms with Gasteiger partial charge in [-0.15, -0.1) is 22.9 Å². The minimum absolute atomic E-state index is 0.134. The van der Waals surface area contributed by atoms with Crippen molar-refractivity contribution in [1.29, 1.82) is 0 Å². The molecular weight excluding hydrogens is 401 g/mol. The minimum Gasteiger partial charge on any atom is -0.480 e. The molecule has 0 saturated heterocycles. The van der Waals surface area contributed by atoms with Crippen LogP contribution in [0.25, 0.3) is 10.2 Å². The first kappa shape index (κ1) is 18.1. The summed E-state index contributed by atoms with van der Waals surface area (Å²) in [6.07, 6.45) is 0. The number of fused-ring (bicyclic) bond motifs is 2. The molecule has 0 aliphatic carbocycles. The van der Waals surface area contributed by atoms with E-state index < -0.39 is 39.9 Å². The van der Waals surface area contributed by atoms with E-state index in [-0.39, 0.29) is 16.3 Å². The standard InChI is InChI=1S/C18H12ClF3N2O2S/c1-8-18(19,9-4-2-3-5-12(9)24(8)7-13(25)26)17-23-15-14(22)10(20)6-11(21)16(15)27-17/h2-6,8H,7H2,1H3,(H,25,26). The third-order valence-corrected chi connectivity index (χ3v) is 6.79. The minimum atomic E-state index is -1.33. The van der Waals surface area contributed by atoms with Gasteiger partial charge >= 0.3 is 5.97 Å². The third kappa shape index (κ3) is 2.50. The Kier molecular flexibility index (Phi) is 4.08. The summed E-state index contributed by atoms with van der Waals surface area (Å²) in [6, 6.07) is 6.84. The van der Waals surface area contributed by atoms with Crippen molar-refractivity contribution in [2.24, 2.45) is 0 Å². The highest BCUT2D eigenvalue weighted by Crippen LogP contribution is 2.53. The largest absolute Gasteiger partial charge is 0.480 e. The molecule has 9 heteroatoms. The van der Waals surface area contributed by atoms with Gasteiger partial charge in [0.05, 0.1) is 10.7 Å². The molecule has 2 atom stereocenters. The number of benzene rings is 2. The number of hydrogen-bond acceptors (Lipinski definition) is 4. The van der Waals surface area contributed by atoms with Gasteiger partial charge in [-0.2, -0.15) is 0 Å². The monoisotopic (exact) mass is 412 g/mol. The maximum Gasteiger partial charge on any atom is 0.323 e. The van der Waals surface area contributed by atoms with Gasteiger partial charge in [0, 0.05) is 17.3 Å². The van der Waals surface area contributed by atoms with E-state index in [2.05, 4.69) is 4.98 Å². The highest BCUT2D eigenvalue weighted by Gasteiger charge is 2.51. The van der Waals surface area contributed by atoms with Gasteiger partial charge in [0.25, 0.3) is 0 Å². The Labute approximate surface area is 160 Å². The molecule has 3 aromatic rings. The molecule has 0 fully saturated rings. The second-order valence-corrected chi connectivity index (χ2v) is 7.87. The molecule has 1 aromatic heterocycles. The zero-order valence-corrected chi connectivity index (χ0v) is 15.4. The topological polar surface area (TPSA) is 53.4 Å². The lowest BCUT2D eigenvalue weighted by Crippen LogP contribution is -2.42. The van der Waals surface area contributed by atoms with Crippen molar-refractivity contribution in [2.75, 3.05) is 11.4 Å². The molecular formula is C18H12ClF3N2O2S. The molecule has 0 amide bonds. The van der Waals surface area contributed by atoms with Gasteiger partial charge in [0.2, 0.25) is 0 Å². The number of anilines is 1. The smallest absolute Gasteiger partial charge is 0.323 e. The van der Waals surface area contributed by atoms with E-state index in [0.29, 0.717) is 17.3 Å². The van der Waals surface area contributed by atoms with Crippen molar-refractivity contribution >= 4 is 44.8 Å². The summed E-state index contributed by atoms with van der Waals surface area (Å²) >= 11 is 7.78. The van der Waals surface area contributed by atoms with Crippen LogP contribution in [0.4, 0.5) is 18.9 Å². The van der Waals surface area contributed by atoms with E-state index >= 15 is 0 Å². The fourth-order valence-electron chi connectivity index (χ4n) is 3.48. The Bertz CT molecular complexity index is 1090. The van der Waals surface area contributed by atoms with E-state index in [1.165, 1.54) is 0 Å². The molecule has 2 aromatic carbocycles. The maximum absolute atomic E-state index is 14.1. The van der Waals surface area contributed by atoms with Crippen LogP contribution in [0, 0.1) is 17.5 Å². The number of rotatable bonds is 3. The van der Waals surface area contributed by atoms with Crippen LogP contribution < -0.4 is 4.90 Å². The molecule has 0 bridgehead atoms. The van der Waals surface area contributed by atoms with Crippen molar-refractivity contribution in [3.05, 3.63) is 58.4 Å². The first-order valence-electron chi connectivity index (χ1n) is 7.96. The lowest BCUT2D eigenvalue weighted by molar-refractivity contribution is -0.135. The average molecular weight is 413 g/mol. The fraction of sp³-hybridized carbons (Fsp3) is 0.222. The summed E-state index contributed by atoms with van der Waals surface area (Å²) in [6.45, 7) is 1.42. The molecule has 140 valence electrons. The molecule has 1 aliphatic heterocycles. The molecule has 4 rings (SSSR count). The molecule has 4 nitrogen and oxygen atoms in total. The highest BCUT2D eigenvalue weighted by molar-refractivity contribution is 7.19. The summed E-state index contributed by atoms with van der Waals surface area (Å²) in [7, 11) is 0. The first-order valence-corrected chi connectivity index (χ1v) is 9.16. The molecule has 0 saturated carbocycles. The first-order chi connectivity index (χ1) is 12.7. The number of aromatic nitrogens is 1. The SMILES string of the molecule is CC1N(CC(=O)O)c2ccccc2C1(Cl)c1nc2c(F)c(F)cc(F)c2s1. The van der Waals surface area contributed by atoms with Crippen LogP contribution in [0.15, 0.2) is 30.3 Å². The van der Waals surface area contributed by atoms with Crippen LogP contribution in [0.3, 0.4) is 0 Å². The Morgan fingerprint density at radius 1 is 1.33 bits per heavy atom. The number of alkyl halides is 1. The van der Waals surface area contributed by atoms with Gasteiger partial charge in [-0.1, -0.05) is 18.2 Å². The van der Waals surface area contributed by atoms with Crippen LogP contribution in [0.2, 0.25) is 0 Å². The number of halogens is 4. The Hall–Kier alpha value is -2.32. The number of nitrogens with zero attached hydrogens (tertiary/aromatic N) is 2. The molecule has 0 radical (unpaired) electrons. The maximum atomic E-state index is 14.1. The van der Waals surface area contributed by atoms with E-state index in [0.717, 1.165) is 11.3 Å². The normalized spacial score (nSPS) is 21.7. The molecule has 2 unspecified atom stereocenters. The van der Waals surface area contributed by atoms with Gasteiger partial charge < -0.3 is 10.0 Å². The van der Waals surface area contributed by atoms with Crippen molar-refractivity contribution in [1.82, 2.24) is 4.98 Å². The number of thiazole rings is 1.